The van der Waals surface area contributed by atoms with E-state index in [0.717, 1.165) is 6.92 Å². The molecule has 2 atom stereocenters. The molecule has 0 bridgehead atoms. The molecule has 0 heterocycles. The first-order chi connectivity index (χ1) is 6.63. The number of hydrogen-bond donors (Lipinski definition) is 4. The van der Waals surface area contributed by atoms with E-state index in [2.05, 4.69) is 4.52 Å². The highest BCUT2D eigenvalue weighted by molar-refractivity contribution is 7.46. The van der Waals surface area contributed by atoms with Crippen molar-refractivity contribution in [3.8, 4) is 0 Å². The smallest absolute Gasteiger partial charge is 0.469 e. The van der Waals surface area contributed by atoms with Crippen LogP contribution in [0.3, 0.4) is 0 Å². The van der Waals surface area contributed by atoms with E-state index in [4.69, 9.17) is 20.0 Å². The van der Waals surface area contributed by atoms with Gasteiger partial charge < -0.3 is 20.0 Å². The van der Waals surface area contributed by atoms with Gasteiger partial charge in [0.25, 0.3) is 0 Å². The third-order valence-corrected chi connectivity index (χ3v) is 2.19. The van der Waals surface area contributed by atoms with Gasteiger partial charge >= 0.3 is 19.8 Å². The second kappa shape index (κ2) is 5.22. The third-order valence-electron chi connectivity index (χ3n) is 1.58. The number of aliphatic carboxylic acids is 2. The summed E-state index contributed by atoms with van der Waals surface area (Å²) in [5.41, 5.74) is 0. The molecule has 15 heavy (non-hydrogen) atoms. The Morgan fingerprint density at radius 1 is 1.33 bits per heavy atom. The molecule has 0 amide bonds. The molecule has 0 saturated heterocycles. The van der Waals surface area contributed by atoms with Crippen LogP contribution in [0.1, 0.15) is 13.3 Å². The average Bonchev–Trinajstić information content (AvgIpc) is 1.95. The predicted molar refractivity (Wildman–Crippen MR) is 46.0 cm³/mol. The molecular weight excluding hydrogens is 231 g/mol. The van der Waals surface area contributed by atoms with Gasteiger partial charge in [0, 0.05) is 0 Å². The molecule has 0 rings (SSSR count). The van der Waals surface area contributed by atoms with E-state index in [1.807, 2.05) is 0 Å². The molecule has 0 fully saturated rings. The Morgan fingerprint density at radius 3 is 2.07 bits per heavy atom. The van der Waals surface area contributed by atoms with E-state index in [9.17, 15) is 14.2 Å². The van der Waals surface area contributed by atoms with E-state index in [1.165, 1.54) is 0 Å². The van der Waals surface area contributed by atoms with Gasteiger partial charge in [-0.15, -0.1) is 0 Å². The predicted octanol–water partition coefficient (Wildman–Crippen LogP) is -0.340. The summed E-state index contributed by atoms with van der Waals surface area (Å²) in [5, 5.41) is 17.0. The summed E-state index contributed by atoms with van der Waals surface area (Å²) in [5.74, 6) is -4.38. The van der Waals surface area contributed by atoms with Crippen molar-refractivity contribution in [1.29, 1.82) is 0 Å². The number of phosphoric ester groups is 1. The van der Waals surface area contributed by atoms with Crippen LogP contribution in [-0.4, -0.2) is 38.0 Å². The van der Waals surface area contributed by atoms with Gasteiger partial charge in [0.05, 0.1) is 18.4 Å². The van der Waals surface area contributed by atoms with Crippen molar-refractivity contribution >= 4 is 19.8 Å². The molecule has 88 valence electrons. The lowest BCUT2D eigenvalue weighted by Gasteiger charge is -2.19. The minimum Gasteiger partial charge on any atom is -0.481 e. The fourth-order valence-corrected chi connectivity index (χ4v) is 1.51. The summed E-state index contributed by atoms with van der Waals surface area (Å²) < 4.78 is 14.5. The fraction of sp³-hybridized carbons (Fsp3) is 0.667. The van der Waals surface area contributed by atoms with Crippen molar-refractivity contribution in [2.45, 2.75) is 19.4 Å². The Balaban J connectivity index is 4.56. The van der Waals surface area contributed by atoms with Crippen molar-refractivity contribution in [3.63, 3.8) is 0 Å². The summed E-state index contributed by atoms with van der Waals surface area (Å²) in [4.78, 5) is 37.6. The Morgan fingerprint density at radius 2 is 1.80 bits per heavy atom. The van der Waals surface area contributed by atoms with Gasteiger partial charge in [-0.1, -0.05) is 0 Å². The van der Waals surface area contributed by atoms with Crippen LogP contribution >= 0.6 is 7.82 Å². The largest absolute Gasteiger partial charge is 0.481 e. The molecule has 0 aromatic carbocycles. The van der Waals surface area contributed by atoms with Gasteiger partial charge in [-0.25, -0.2) is 4.57 Å². The third kappa shape index (κ3) is 6.19. The van der Waals surface area contributed by atoms with Gasteiger partial charge in [-0.3, -0.25) is 14.1 Å². The van der Waals surface area contributed by atoms with Crippen LogP contribution in [-0.2, 0) is 18.7 Å². The van der Waals surface area contributed by atoms with E-state index < -0.39 is 38.2 Å². The minimum atomic E-state index is -4.82. The Kier molecular flexibility index (Phi) is 4.89. The normalized spacial score (nSPS) is 15.7. The van der Waals surface area contributed by atoms with Crippen LogP contribution in [0.25, 0.3) is 0 Å². The first-order valence-corrected chi connectivity index (χ1v) is 5.35. The van der Waals surface area contributed by atoms with Crippen molar-refractivity contribution in [2.24, 2.45) is 5.92 Å². The van der Waals surface area contributed by atoms with Crippen molar-refractivity contribution < 1.29 is 38.7 Å². The maximum absolute atomic E-state index is 10.6. The zero-order chi connectivity index (χ0) is 12.2. The standard InChI is InChI=1S/C6H11O8P/c1-3(14-15(11,12)13)4(6(9)10)2-5(7)8/h3-4H,2H2,1H3,(H,7,8)(H,9,10)(H2,11,12,13). The Bertz CT molecular complexity index is 294. The molecule has 0 aromatic heterocycles. The van der Waals surface area contributed by atoms with Crippen molar-refractivity contribution in [1.82, 2.24) is 0 Å². The summed E-state index contributed by atoms with van der Waals surface area (Å²) in [6, 6.07) is 0. The van der Waals surface area contributed by atoms with E-state index in [0.29, 0.717) is 0 Å². The quantitative estimate of drug-likeness (QED) is 0.463. The first-order valence-electron chi connectivity index (χ1n) is 3.82. The summed E-state index contributed by atoms with van der Waals surface area (Å²) in [7, 11) is -4.82. The molecule has 9 heteroatoms. The van der Waals surface area contributed by atoms with Crippen LogP contribution in [0.5, 0.6) is 0 Å². The molecule has 4 N–H and O–H groups in total. The van der Waals surface area contributed by atoms with Crippen LogP contribution in [0.15, 0.2) is 0 Å². The number of phosphoric acid groups is 1. The molecule has 0 radical (unpaired) electrons. The van der Waals surface area contributed by atoms with Crippen LogP contribution in [0.2, 0.25) is 0 Å². The van der Waals surface area contributed by atoms with E-state index in [-0.39, 0.29) is 0 Å². The molecule has 0 aromatic rings. The number of hydrogen-bond acceptors (Lipinski definition) is 4. The molecule has 0 saturated carbocycles. The molecule has 0 aliphatic carbocycles. The zero-order valence-electron chi connectivity index (χ0n) is 7.73. The first kappa shape index (κ1) is 14.1. The molecule has 8 nitrogen and oxygen atoms in total. The number of carboxylic acids is 2. The van der Waals surface area contributed by atoms with Crippen LogP contribution in [0.4, 0.5) is 0 Å². The number of carbonyl (C=O) groups is 2. The van der Waals surface area contributed by atoms with Gasteiger partial charge in [0.1, 0.15) is 0 Å². The fourth-order valence-electron chi connectivity index (χ4n) is 0.932. The maximum Gasteiger partial charge on any atom is 0.469 e. The maximum atomic E-state index is 10.6. The average molecular weight is 242 g/mol. The van der Waals surface area contributed by atoms with E-state index >= 15 is 0 Å². The van der Waals surface area contributed by atoms with Gasteiger partial charge in [0.2, 0.25) is 0 Å². The minimum absolute atomic E-state index is 0.767. The Hall–Kier alpha value is -0.950. The highest BCUT2D eigenvalue weighted by Crippen LogP contribution is 2.39. The number of rotatable bonds is 6. The molecular formula is C6H11O8P. The second-order valence-electron chi connectivity index (χ2n) is 2.84. The van der Waals surface area contributed by atoms with Gasteiger partial charge in [-0.05, 0) is 6.92 Å². The molecule has 0 aliphatic heterocycles. The zero-order valence-corrected chi connectivity index (χ0v) is 8.63. The van der Waals surface area contributed by atoms with Crippen LogP contribution in [0, 0.1) is 5.92 Å². The second-order valence-corrected chi connectivity index (χ2v) is 4.04. The molecule has 0 spiro atoms. The van der Waals surface area contributed by atoms with E-state index in [1.54, 1.807) is 0 Å². The van der Waals surface area contributed by atoms with Crippen molar-refractivity contribution in [3.05, 3.63) is 0 Å². The lowest BCUT2D eigenvalue weighted by atomic mass is 10.0. The molecule has 0 aliphatic rings. The highest BCUT2D eigenvalue weighted by atomic mass is 31.2. The van der Waals surface area contributed by atoms with Gasteiger partial charge in [-0.2, -0.15) is 0 Å². The lowest BCUT2D eigenvalue weighted by molar-refractivity contribution is -0.151. The SMILES string of the molecule is CC(OP(=O)(O)O)C(CC(=O)O)C(=O)O. The molecule has 2 unspecified atom stereocenters. The highest BCUT2D eigenvalue weighted by Gasteiger charge is 2.32. The summed E-state index contributed by atoms with van der Waals surface area (Å²) in [6.45, 7) is 1.08. The summed E-state index contributed by atoms with van der Waals surface area (Å²) >= 11 is 0. The monoisotopic (exact) mass is 242 g/mol. The lowest BCUT2D eigenvalue weighted by Crippen LogP contribution is -2.29. The number of carboxylic acid groups (broad SMARTS) is 2. The topological polar surface area (TPSA) is 141 Å². The summed E-state index contributed by atoms with van der Waals surface area (Å²) in [6.07, 6.45) is -2.16. The Labute approximate surface area is 84.7 Å². The van der Waals surface area contributed by atoms with Crippen molar-refractivity contribution in [2.75, 3.05) is 0 Å². The van der Waals surface area contributed by atoms with Crippen LogP contribution < -0.4 is 0 Å². The van der Waals surface area contributed by atoms with Gasteiger partial charge in [0.15, 0.2) is 0 Å².